The molecule has 0 saturated carbocycles. The fraction of sp³-hybridized carbons (Fsp3) is 0.467. The molecule has 0 bridgehead atoms. The number of carbonyl (C=O) groups excluding carboxylic acids is 2. The van der Waals surface area contributed by atoms with Crippen LogP contribution in [0.2, 0.25) is 5.02 Å². The molecule has 0 radical (unpaired) electrons. The molecule has 0 atom stereocenters. The van der Waals surface area contributed by atoms with Crippen LogP contribution >= 0.6 is 11.6 Å². The van der Waals surface area contributed by atoms with Gasteiger partial charge in [0.15, 0.2) is 0 Å². The molecule has 0 aliphatic heterocycles. The first-order valence-corrected chi connectivity index (χ1v) is 7.33. The van der Waals surface area contributed by atoms with Crippen LogP contribution in [0, 0.1) is 5.92 Å². The van der Waals surface area contributed by atoms with E-state index >= 15 is 0 Å². The van der Waals surface area contributed by atoms with Crippen molar-refractivity contribution in [1.82, 2.24) is 4.90 Å². The molecule has 7 heteroatoms. The van der Waals surface area contributed by atoms with Crippen LogP contribution in [-0.4, -0.2) is 43.5 Å². The Morgan fingerprint density at radius 3 is 2.59 bits per heavy atom. The number of nitrogens with two attached hydrogens (primary N) is 1. The van der Waals surface area contributed by atoms with Crippen molar-refractivity contribution in [2.45, 2.75) is 13.8 Å². The summed E-state index contributed by atoms with van der Waals surface area (Å²) in [5.41, 5.74) is 5.70. The minimum Gasteiger partial charge on any atom is -0.495 e. The highest BCUT2D eigenvalue weighted by atomic mass is 35.5. The number of ether oxygens (including phenoxy) is 1. The molecule has 0 spiro atoms. The molecule has 1 rings (SSSR count). The first kappa shape index (κ1) is 18.3. The molecule has 0 heterocycles. The van der Waals surface area contributed by atoms with Gasteiger partial charge in [0.2, 0.25) is 11.8 Å². The van der Waals surface area contributed by atoms with Crippen LogP contribution < -0.4 is 15.8 Å². The highest BCUT2D eigenvalue weighted by Crippen LogP contribution is 2.27. The monoisotopic (exact) mass is 327 g/mol. The third kappa shape index (κ3) is 6.32. The molecule has 0 fully saturated rings. The standard InChI is InChI=1S/C15H22ClN3O3/c1-10(2)7-19(8-14(17)20)9-15(21)18-12-6-11(16)4-5-13(12)22-3/h4-6,10H,7-9H2,1-3H3,(H2,17,20)(H,18,21). The van der Waals surface area contributed by atoms with Gasteiger partial charge in [0.05, 0.1) is 25.9 Å². The Labute approximate surface area is 135 Å². The fourth-order valence-corrected chi connectivity index (χ4v) is 2.26. The highest BCUT2D eigenvalue weighted by molar-refractivity contribution is 6.31. The van der Waals surface area contributed by atoms with Crippen LogP contribution in [0.1, 0.15) is 13.8 Å². The maximum atomic E-state index is 12.2. The summed E-state index contributed by atoms with van der Waals surface area (Å²) in [6, 6.07) is 4.96. The number of hydrogen-bond donors (Lipinski definition) is 2. The maximum absolute atomic E-state index is 12.2. The molecular formula is C15H22ClN3O3. The second kappa shape index (κ2) is 8.60. The quantitative estimate of drug-likeness (QED) is 0.761. The molecule has 3 N–H and O–H groups in total. The van der Waals surface area contributed by atoms with Crippen LogP contribution in [0.4, 0.5) is 5.69 Å². The molecule has 6 nitrogen and oxygen atoms in total. The summed E-state index contributed by atoms with van der Waals surface area (Å²) in [7, 11) is 1.51. The van der Waals surface area contributed by atoms with Gasteiger partial charge in [-0.05, 0) is 24.1 Å². The third-order valence-electron chi connectivity index (χ3n) is 2.81. The number of anilines is 1. The largest absolute Gasteiger partial charge is 0.495 e. The normalized spacial score (nSPS) is 10.8. The number of benzene rings is 1. The van der Waals surface area contributed by atoms with E-state index in [9.17, 15) is 9.59 Å². The van der Waals surface area contributed by atoms with Crippen molar-refractivity contribution in [3.63, 3.8) is 0 Å². The van der Waals surface area contributed by atoms with Crippen molar-refractivity contribution in [1.29, 1.82) is 0 Å². The van der Waals surface area contributed by atoms with Crippen molar-refractivity contribution < 1.29 is 14.3 Å². The summed E-state index contributed by atoms with van der Waals surface area (Å²) in [6.45, 7) is 4.72. The second-order valence-electron chi connectivity index (χ2n) is 5.42. The number of carbonyl (C=O) groups is 2. The molecule has 1 aromatic rings. The number of methoxy groups -OCH3 is 1. The Kier molecular flexibility index (Phi) is 7.14. The number of nitrogens with one attached hydrogen (secondary N) is 1. The average Bonchev–Trinajstić information content (AvgIpc) is 2.36. The van der Waals surface area contributed by atoms with Gasteiger partial charge < -0.3 is 15.8 Å². The van der Waals surface area contributed by atoms with Crippen molar-refractivity contribution in [3.8, 4) is 5.75 Å². The first-order chi connectivity index (χ1) is 10.3. The molecule has 0 unspecified atom stereocenters. The third-order valence-corrected chi connectivity index (χ3v) is 3.04. The van der Waals surface area contributed by atoms with Crippen molar-refractivity contribution in [2.24, 2.45) is 11.7 Å². The van der Waals surface area contributed by atoms with E-state index in [4.69, 9.17) is 22.1 Å². The fourth-order valence-electron chi connectivity index (χ4n) is 2.09. The Morgan fingerprint density at radius 2 is 2.05 bits per heavy atom. The van der Waals surface area contributed by atoms with Crippen LogP contribution in [0.15, 0.2) is 18.2 Å². The zero-order valence-electron chi connectivity index (χ0n) is 13.1. The zero-order chi connectivity index (χ0) is 16.7. The molecule has 1 aromatic carbocycles. The summed E-state index contributed by atoms with van der Waals surface area (Å²) >= 11 is 5.92. The number of halogens is 1. The van der Waals surface area contributed by atoms with Gasteiger partial charge >= 0.3 is 0 Å². The molecule has 0 aliphatic carbocycles. The highest BCUT2D eigenvalue weighted by Gasteiger charge is 2.16. The summed E-state index contributed by atoms with van der Waals surface area (Å²) in [5.74, 6) is 0.104. The number of primary amides is 1. The van der Waals surface area contributed by atoms with E-state index in [-0.39, 0.29) is 19.0 Å². The summed E-state index contributed by atoms with van der Waals surface area (Å²) in [4.78, 5) is 25.0. The molecule has 0 saturated heterocycles. The van der Waals surface area contributed by atoms with E-state index in [2.05, 4.69) is 5.32 Å². The van der Waals surface area contributed by atoms with Gasteiger partial charge in [0.25, 0.3) is 0 Å². The second-order valence-corrected chi connectivity index (χ2v) is 5.86. The minimum absolute atomic E-state index is 0.0400. The smallest absolute Gasteiger partial charge is 0.238 e. The average molecular weight is 328 g/mol. The number of nitrogens with zero attached hydrogens (tertiary/aromatic N) is 1. The summed E-state index contributed by atoms with van der Waals surface area (Å²) in [5, 5.41) is 3.23. The summed E-state index contributed by atoms with van der Waals surface area (Å²) < 4.78 is 5.17. The lowest BCUT2D eigenvalue weighted by atomic mass is 10.2. The zero-order valence-corrected chi connectivity index (χ0v) is 13.8. The Bertz CT molecular complexity index is 535. The minimum atomic E-state index is -0.464. The molecule has 122 valence electrons. The maximum Gasteiger partial charge on any atom is 0.238 e. The van der Waals surface area contributed by atoms with Crippen molar-refractivity contribution >= 4 is 29.1 Å². The van der Waals surface area contributed by atoms with E-state index in [0.29, 0.717) is 28.9 Å². The van der Waals surface area contributed by atoms with Gasteiger partial charge in [-0.1, -0.05) is 25.4 Å². The van der Waals surface area contributed by atoms with E-state index in [1.165, 1.54) is 7.11 Å². The van der Waals surface area contributed by atoms with E-state index in [0.717, 1.165) is 0 Å². The Hall–Kier alpha value is -1.79. The van der Waals surface area contributed by atoms with Gasteiger partial charge in [-0.25, -0.2) is 0 Å². The lowest BCUT2D eigenvalue weighted by Gasteiger charge is -2.22. The number of rotatable bonds is 8. The number of hydrogen-bond acceptors (Lipinski definition) is 4. The first-order valence-electron chi connectivity index (χ1n) is 6.96. The molecule has 2 amide bonds. The van der Waals surface area contributed by atoms with Gasteiger partial charge in [-0.15, -0.1) is 0 Å². The van der Waals surface area contributed by atoms with Gasteiger partial charge in [-0.3, -0.25) is 14.5 Å². The van der Waals surface area contributed by atoms with Crippen LogP contribution in [0.25, 0.3) is 0 Å². The van der Waals surface area contributed by atoms with E-state index in [1.54, 1.807) is 23.1 Å². The Morgan fingerprint density at radius 1 is 1.36 bits per heavy atom. The predicted molar refractivity (Wildman–Crippen MR) is 87.1 cm³/mol. The molecular weight excluding hydrogens is 306 g/mol. The van der Waals surface area contributed by atoms with Crippen molar-refractivity contribution in [3.05, 3.63) is 23.2 Å². The lowest BCUT2D eigenvalue weighted by molar-refractivity contribution is -0.121. The molecule has 22 heavy (non-hydrogen) atoms. The van der Waals surface area contributed by atoms with Gasteiger partial charge in [0.1, 0.15) is 5.75 Å². The molecule has 0 aromatic heterocycles. The van der Waals surface area contributed by atoms with Crippen LogP contribution in [0.5, 0.6) is 5.75 Å². The SMILES string of the molecule is COc1ccc(Cl)cc1NC(=O)CN(CC(N)=O)CC(C)C. The molecule has 0 aliphatic rings. The van der Waals surface area contributed by atoms with Gasteiger partial charge in [-0.2, -0.15) is 0 Å². The van der Waals surface area contributed by atoms with E-state index in [1.807, 2.05) is 13.8 Å². The summed E-state index contributed by atoms with van der Waals surface area (Å²) in [6.07, 6.45) is 0. The Balaban J connectivity index is 2.74. The lowest BCUT2D eigenvalue weighted by Crippen LogP contribution is -2.41. The van der Waals surface area contributed by atoms with Crippen LogP contribution in [-0.2, 0) is 9.59 Å². The van der Waals surface area contributed by atoms with E-state index < -0.39 is 5.91 Å². The topological polar surface area (TPSA) is 84.7 Å². The van der Waals surface area contributed by atoms with Crippen molar-refractivity contribution in [2.75, 3.05) is 32.1 Å². The van der Waals surface area contributed by atoms with Crippen LogP contribution in [0.3, 0.4) is 0 Å². The number of amides is 2. The van der Waals surface area contributed by atoms with Gasteiger partial charge in [0, 0.05) is 11.6 Å². The predicted octanol–water partition coefficient (Wildman–Crippen LogP) is 1.73.